The lowest BCUT2D eigenvalue weighted by atomic mass is 10.0. The van der Waals surface area contributed by atoms with Gasteiger partial charge in [0.1, 0.15) is 17.4 Å². The quantitative estimate of drug-likeness (QED) is 0.850. The molecule has 1 atom stereocenters. The summed E-state index contributed by atoms with van der Waals surface area (Å²) in [5, 5.41) is 3.03. The van der Waals surface area contributed by atoms with Crippen LogP contribution in [-0.4, -0.2) is 11.0 Å². The van der Waals surface area contributed by atoms with Crippen molar-refractivity contribution < 1.29 is 4.74 Å². The van der Waals surface area contributed by atoms with Crippen LogP contribution in [0.1, 0.15) is 29.6 Å². The maximum Gasteiger partial charge on any atom is 0.140 e. The van der Waals surface area contributed by atoms with Crippen molar-refractivity contribution in [1.82, 2.24) is 4.98 Å². The number of thiazole rings is 1. The van der Waals surface area contributed by atoms with Crippen LogP contribution in [0.3, 0.4) is 0 Å². The number of ether oxygens (including phenoxy) is 1. The highest BCUT2D eigenvalue weighted by molar-refractivity contribution is 9.10. The maximum atomic E-state index is 6.02. The number of hydrogen-bond donors (Lipinski definition) is 1. The molecule has 1 unspecified atom stereocenters. The summed E-state index contributed by atoms with van der Waals surface area (Å²) < 4.78 is 6.88. The van der Waals surface area contributed by atoms with Gasteiger partial charge in [0.25, 0.3) is 0 Å². The van der Waals surface area contributed by atoms with Crippen LogP contribution in [0.4, 0.5) is 0 Å². The number of aromatic nitrogens is 1. The van der Waals surface area contributed by atoms with Crippen molar-refractivity contribution in [3.8, 4) is 5.75 Å². The fourth-order valence-corrected chi connectivity index (χ4v) is 2.93. The number of hydrogen-bond acceptors (Lipinski definition) is 4. The van der Waals surface area contributed by atoms with Crippen LogP contribution >= 0.6 is 27.3 Å². The number of aryl methyl sites for hydroxylation is 1. The largest absolute Gasteiger partial charge is 0.486 e. The lowest BCUT2D eigenvalue weighted by Crippen LogP contribution is -2.21. The predicted molar refractivity (Wildman–Crippen MR) is 87.3 cm³/mol. The van der Waals surface area contributed by atoms with Crippen molar-refractivity contribution in [3.63, 3.8) is 0 Å². The molecule has 20 heavy (non-hydrogen) atoms. The van der Waals surface area contributed by atoms with E-state index in [1.54, 1.807) is 11.3 Å². The molecule has 1 aromatic heterocycles. The van der Waals surface area contributed by atoms with Crippen molar-refractivity contribution in [2.75, 3.05) is 0 Å². The van der Waals surface area contributed by atoms with Gasteiger partial charge in [0.05, 0.1) is 0 Å². The minimum atomic E-state index is 0.183. The molecule has 0 bridgehead atoms. The standard InChI is InChI=1S/C15H19BrN2OS/c1-3-12(17)6-11-7-13(4-5-14(11)16)19-8-15-18-10(2)9-20-15/h4-5,7,9,12H,3,6,8,17H2,1-2H3. The zero-order chi connectivity index (χ0) is 14.5. The van der Waals surface area contributed by atoms with Crippen LogP contribution in [0.2, 0.25) is 0 Å². The summed E-state index contributed by atoms with van der Waals surface area (Å²) >= 11 is 5.19. The van der Waals surface area contributed by atoms with E-state index in [0.29, 0.717) is 6.61 Å². The smallest absolute Gasteiger partial charge is 0.140 e. The minimum Gasteiger partial charge on any atom is -0.486 e. The van der Waals surface area contributed by atoms with Gasteiger partial charge in [-0.25, -0.2) is 4.98 Å². The highest BCUT2D eigenvalue weighted by Crippen LogP contribution is 2.25. The van der Waals surface area contributed by atoms with Gasteiger partial charge >= 0.3 is 0 Å². The van der Waals surface area contributed by atoms with Gasteiger partial charge in [0.2, 0.25) is 0 Å². The molecule has 108 valence electrons. The van der Waals surface area contributed by atoms with Gasteiger partial charge in [-0.2, -0.15) is 0 Å². The van der Waals surface area contributed by atoms with Crippen LogP contribution in [0.25, 0.3) is 0 Å². The molecule has 2 N–H and O–H groups in total. The van der Waals surface area contributed by atoms with E-state index in [1.165, 1.54) is 5.56 Å². The molecular weight excluding hydrogens is 336 g/mol. The van der Waals surface area contributed by atoms with E-state index < -0.39 is 0 Å². The second-order valence-corrected chi connectivity index (χ2v) is 6.59. The third-order valence-electron chi connectivity index (χ3n) is 3.05. The molecule has 0 aliphatic carbocycles. The van der Waals surface area contributed by atoms with Gasteiger partial charge in [0.15, 0.2) is 0 Å². The number of nitrogens with zero attached hydrogens (tertiary/aromatic N) is 1. The second kappa shape index (κ2) is 7.20. The highest BCUT2D eigenvalue weighted by Gasteiger charge is 2.08. The Hall–Kier alpha value is -0.910. The molecule has 0 aliphatic heterocycles. The molecule has 3 nitrogen and oxygen atoms in total. The van der Waals surface area contributed by atoms with E-state index in [4.69, 9.17) is 10.5 Å². The van der Waals surface area contributed by atoms with Crippen LogP contribution in [0.15, 0.2) is 28.1 Å². The molecule has 5 heteroatoms. The normalized spacial score (nSPS) is 12.4. The Morgan fingerprint density at radius 2 is 2.25 bits per heavy atom. The molecule has 2 aromatic rings. The predicted octanol–water partition coefficient (Wildman–Crippen LogP) is 4.07. The molecule has 0 saturated heterocycles. The average Bonchev–Trinajstić information content (AvgIpc) is 2.85. The summed E-state index contributed by atoms with van der Waals surface area (Å²) in [6.07, 6.45) is 1.82. The minimum absolute atomic E-state index is 0.183. The van der Waals surface area contributed by atoms with Gasteiger partial charge in [-0.1, -0.05) is 22.9 Å². The summed E-state index contributed by atoms with van der Waals surface area (Å²) in [5.74, 6) is 0.861. The highest BCUT2D eigenvalue weighted by atomic mass is 79.9. The lowest BCUT2D eigenvalue weighted by molar-refractivity contribution is 0.305. The fourth-order valence-electron chi connectivity index (χ4n) is 1.84. The monoisotopic (exact) mass is 354 g/mol. The van der Waals surface area contributed by atoms with E-state index in [0.717, 1.165) is 33.8 Å². The Labute approximate surface area is 132 Å². The third-order valence-corrected chi connectivity index (χ3v) is 4.77. The first-order chi connectivity index (χ1) is 9.58. The molecule has 2 rings (SSSR count). The second-order valence-electron chi connectivity index (χ2n) is 4.80. The molecule has 0 spiro atoms. The van der Waals surface area contributed by atoms with E-state index in [-0.39, 0.29) is 6.04 Å². The van der Waals surface area contributed by atoms with E-state index in [1.807, 2.05) is 24.4 Å². The first-order valence-corrected chi connectivity index (χ1v) is 8.33. The third kappa shape index (κ3) is 4.30. The SMILES string of the molecule is CCC(N)Cc1cc(OCc2nc(C)cs2)ccc1Br. The van der Waals surface area contributed by atoms with Gasteiger partial charge in [-0.3, -0.25) is 0 Å². The van der Waals surface area contributed by atoms with Gasteiger partial charge in [0, 0.05) is 21.6 Å². The van der Waals surface area contributed by atoms with E-state index in [2.05, 4.69) is 33.9 Å². The number of rotatable bonds is 6. The van der Waals surface area contributed by atoms with Crippen molar-refractivity contribution in [3.05, 3.63) is 44.3 Å². The Bertz CT molecular complexity index is 571. The zero-order valence-corrected chi connectivity index (χ0v) is 14.1. The van der Waals surface area contributed by atoms with Crippen molar-refractivity contribution in [2.45, 2.75) is 39.3 Å². The van der Waals surface area contributed by atoms with Gasteiger partial charge in [-0.05, 0) is 43.5 Å². The van der Waals surface area contributed by atoms with Crippen LogP contribution in [-0.2, 0) is 13.0 Å². The van der Waals surface area contributed by atoms with Crippen molar-refractivity contribution in [1.29, 1.82) is 0 Å². The van der Waals surface area contributed by atoms with Crippen LogP contribution < -0.4 is 10.5 Å². The van der Waals surface area contributed by atoms with Gasteiger partial charge < -0.3 is 10.5 Å². The summed E-state index contributed by atoms with van der Waals surface area (Å²) in [4.78, 5) is 4.39. The molecule has 0 amide bonds. The summed E-state index contributed by atoms with van der Waals surface area (Å²) in [6, 6.07) is 6.22. The first kappa shape index (κ1) is 15.5. The Balaban J connectivity index is 2.03. The Kier molecular flexibility index (Phi) is 5.57. The molecule has 1 aromatic carbocycles. The molecule has 0 radical (unpaired) electrons. The lowest BCUT2D eigenvalue weighted by Gasteiger charge is -2.12. The average molecular weight is 355 g/mol. The Morgan fingerprint density at radius 3 is 2.90 bits per heavy atom. The number of halogens is 1. The molecule has 0 fully saturated rings. The number of benzene rings is 1. The van der Waals surface area contributed by atoms with Crippen LogP contribution in [0, 0.1) is 6.92 Å². The summed E-state index contributed by atoms with van der Waals surface area (Å²) in [6.45, 7) is 4.60. The summed E-state index contributed by atoms with van der Waals surface area (Å²) in [5.41, 5.74) is 8.25. The van der Waals surface area contributed by atoms with Crippen LogP contribution in [0.5, 0.6) is 5.75 Å². The fraction of sp³-hybridized carbons (Fsp3) is 0.400. The summed E-state index contributed by atoms with van der Waals surface area (Å²) in [7, 11) is 0. The molecule has 0 aliphatic rings. The van der Waals surface area contributed by atoms with E-state index >= 15 is 0 Å². The topological polar surface area (TPSA) is 48.1 Å². The molecule has 0 saturated carbocycles. The van der Waals surface area contributed by atoms with Crippen molar-refractivity contribution in [2.24, 2.45) is 5.73 Å². The molecular formula is C15H19BrN2OS. The van der Waals surface area contributed by atoms with Crippen molar-refractivity contribution >= 4 is 27.3 Å². The van der Waals surface area contributed by atoms with Gasteiger partial charge in [-0.15, -0.1) is 11.3 Å². The maximum absolute atomic E-state index is 6.02. The Morgan fingerprint density at radius 1 is 1.45 bits per heavy atom. The zero-order valence-electron chi connectivity index (χ0n) is 11.7. The number of nitrogens with two attached hydrogens (primary N) is 1. The first-order valence-electron chi connectivity index (χ1n) is 6.66. The molecule has 1 heterocycles. The van der Waals surface area contributed by atoms with E-state index in [9.17, 15) is 0 Å².